The molecule has 3 heterocycles. The van der Waals surface area contributed by atoms with Crippen molar-refractivity contribution >= 4 is 29.3 Å². The molecule has 0 N–H and O–H groups in total. The Morgan fingerprint density at radius 2 is 2.17 bits per heavy atom. The molecule has 1 aliphatic rings. The number of fused-ring (bicyclic) bond motifs is 2. The minimum atomic E-state index is -0.148. The van der Waals surface area contributed by atoms with Crippen LogP contribution in [-0.4, -0.2) is 29.5 Å². The zero-order valence-electron chi connectivity index (χ0n) is 12.9. The van der Waals surface area contributed by atoms with E-state index >= 15 is 0 Å². The Morgan fingerprint density at radius 3 is 2.91 bits per heavy atom. The zero-order chi connectivity index (χ0) is 16.4. The Kier molecular flexibility index (Phi) is 3.77. The van der Waals surface area contributed by atoms with E-state index in [1.165, 1.54) is 6.08 Å². The summed E-state index contributed by atoms with van der Waals surface area (Å²) in [6, 6.07) is 7.36. The number of hydrogen-bond donors (Lipinski definition) is 0. The van der Waals surface area contributed by atoms with E-state index in [-0.39, 0.29) is 5.91 Å². The summed E-state index contributed by atoms with van der Waals surface area (Å²) >= 11 is 0. The third-order valence-electron chi connectivity index (χ3n) is 3.73. The van der Waals surface area contributed by atoms with Crippen molar-refractivity contribution in [1.29, 1.82) is 5.26 Å². The molecule has 0 fully saturated rings. The van der Waals surface area contributed by atoms with Gasteiger partial charge in [0.2, 0.25) is 0 Å². The van der Waals surface area contributed by atoms with Crippen molar-refractivity contribution in [2.45, 2.75) is 6.92 Å². The number of anilines is 3. The number of aromatic nitrogens is 2. The van der Waals surface area contributed by atoms with Crippen LogP contribution in [0.3, 0.4) is 0 Å². The van der Waals surface area contributed by atoms with E-state index in [1.54, 1.807) is 42.6 Å². The van der Waals surface area contributed by atoms with E-state index in [0.717, 1.165) is 5.69 Å². The lowest BCUT2D eigenvalue weighted by molar-refractivity contribution is 0.0994. The molecule has 0 spiro atoms. The largest absolute Gasteiger partial charge is 0.309 e. The van der Waals surface area contributed by atoms with Gasteiger partial charge >= 0.3 is 0 Å². The van der Waals surface area contributed by atoms with Crippen LogP contribution in [0.2, 0.25) is 0 Å². The molecule has 6 heteroatoms. The van der Waals surface area contributed by atoms with E-state index in [1.807, 2.05) is 24.0 Å². The maximum Gasteiger partial charge on any atom is 0.261 e. The van der Waals surface area contributed by atoms with Gasteiger partial charge in [-0.1, -0.05) is 0 Å². The molecule has 3 rings (SSSR count). The van der Waals surface area contributed by atoms with E-state index in [0.29, 0.717) is 29.3 Å². The van der Waals surface area contributed by atoms with E-state index < -0.39 is 0 Å². The second-order valence-corrected chi connectivity index (χ2v) is 5.06. The van der Waals surface area contributed by atoms with Crippen LogP contribution in [-0.2, 0) is 0 Å². The fraction of sp³-hybridized carbons (Fsp3) is 0.176. The summed E-state index contributed by atoms with van der Waals surface area (Å²) in [5, 5.41) is 8.65. The number of allylic oxidation sites excluding steroid dienone is 1. The van der Waals surface area contributed by atoms with Crippen molar-refractivity contribution in [2.75, 3.05) is 23.4 Å². The van der Waals surface area contributed by atoms with Gasteiger partial charge in [0.15, 0.2) is 5.82 Å². The smallest absolute Gasteiger partial charge is 0.261 e. The van der Waals surface area contributed by atoms with Crippen LogP contribution >= 0.6 is 0 Å². The van der Waals surface area contributed by atoms with Gasteiger partial charge in [-0.25, -0.2) is 9.97 Å². The van der Waals surface area contributed by atoms with Crippen LogP contribution in [0.25, 0.3) is 6.08 Å². The topological polar surface area (TPSA) is 73.1 Å². The summed E-state index contributed by atoms with van der Waals surface area (Å²) in [6.07, 6.45) is 6.35. The molecule has 0 unspecified atom stereocenters. The molecular weight excluding hydrogens is 290 g/mol. The Labute approximate surface area is 134 Å². The highest BCUT2D eigenvalue weighted by Crippen LogP contribution is 2.37. The Hall–Kier alpha value is -3.20. The molecule has 114 valence electrons. The van der Waals surface area contributed by atoms with Gasteiger partial charge in [0, 0.05) is 32.1 Å². The van der Waals surface area contributed by atoms with Crippen LogP contribution in [0.5, 0.6) is 0 Å². The fourth-order valence-electron chi connectivity index (χ4n) is 2.62. The number of hydrogen-bond acceptors (Lipinski definition) is 5. The van der Waals surface area contributed by atoms with Gasteiger partial charge in [0.1, 0.15) is 5.82 Å². The Bertz CT molecular complexity index is 837. The van der Waals surface area contributed by atoms with Gasteiger partial charge in [-0.15, -0.1) is 0 Å². The quantitative estimate of drug-likeness (QED) is 0.798. The van der Waals surface area contributed by atoms with Crippen LogP contribution in [0.1, 0.15) is 22.8 Å². The first-order valence-corrected chi connectivity index (χ1v) is 7.24. The highest BCUT2D eigenvalue weighted by atomic mass is 16.2. The molecule has 0 aliphatic carbocycles. The zero-order valence-corrected chi connectivity index (χ0v) is 12.9. The second-order valence-electron chi connectivity index (χ2n) is 5.06. The third-order valence-corrected chi connectivity index (χ3v) is 3.73. The SMILES string of the molecule is CCN1c2ncc(/C=C/C#N)cc2C(=O)N(C)c2cccnc21. The van der Waals surface area contributed by atoms with Crippen LogP contribution < -0.4 is 9.80 Å². The highest BCUT2D eigenvalue weighted by Gasteiger charge is 2.30. The lowest BCUT2D eigenvalue weighted by Gasteiger charge is -2.22. The number of nitriles is 1. The molecule has 0 aromatic carbocycles. The molecule has 0 saturated carbocycles. The predicted molar refractivity (Wildman–Crippen MR) is 88.5 cm³/mol. The summed E-state index contributed by atoms with van der Waals surface area (Å²) in [5.74, 6) is 1.14. The maximum atomic E-state index is 12.8. The summed E-state index contributed by atoms with van der Waals surface area (Å²) in [5.41, 5.74) is 1.95. The van der Waals surface area contributed by atoms with Gasteiger partial charge in [0.05, 0.1) is 17.3 Å². The second kappa shape index (κ2) is 5.89. The standard InChI is InChI=1S/C17H15N5O/c1-3-22-15-13(10-12(11-20-15)6-4-8-18)17(23)21(2)14-7-5-9-19-16(14)22/h4-7,9-11H,3H2,1-2H3/b6-4+. The molecular formula is C17H15N5O. The number of carbonyl (C=O) groups is 1. The average molecular weight is 305 g/mol. The molecule has 23 heavy (non-hydrogen) atoms. The van der Waals surface area contributed by atoms with Crippen LogP contribution in [0.4, 0.5) is 17.3 Å². The molecule has 1 amide bonds. The van der Waals surface area contributed by atoms with Gasteiger partial charge in [-0.3, -0.25) is 4.79 Å². The normalized spacial score (nSPS) is 13.5. The van der Waals surface area contributed by atoms with E-state index in [2.05, 4.69) is 9.97 Å². The first-order valence-electron chi connectivity index (χ1n) is 7.24. The third kappa shape index (κ3) is 2.42. The van der Waals surface area contributed by atoms with Crippen molar-refractivity contribution < 1.29 is 4.79 Å². The summed E-state index contributed by atoms with van der Waals surface area (Å²) < 4.78 is 0. The number of amides is 1. The number of carbonyl (C=O) groups excluding carboxylic acids is 1. The number of rotatable bonds is 2. The molecule has 6 nitrogen and oxygen atoms in total. The van der Waals surface area contributed by atoms with Gasteiger partial charge < -0.3 is 9.80 Å². The Balaban J connectivity index is 2.22. The monoisotopic (exact) mass is 305 g/mol. The summed E-state index contributed by atoms with van der Waals surface area (Å²) in [7, 11) is 1.73. The van der Waals surface area contributed by atoms with Crippen molar-refractivity contribution in [1.82, 2.24) is 9.97 Å². The summed E-state index contributed by atoms with van der Waals surface area (Å²) in [6.45, 7) is 2.63. The minimum Gasteiger partial charge on any atom is -0.309 e. The van der Waals surface area contributed by atoms with Gasteiger partial charge in [0.25, 0.3) is 5.91 Å². The summed E-state index contributed by atoms with van der Waals surface area (Å²) in [4.78, 5) is 25.2. The molecule has 2 aromatic heterocycles. The molecule has 1 aliphatic heterocycles. The van der Waals surface area contributed by atoms with Gasteiger partial charge in [-0.05, 0) is 36.8 Å². The fourth-order valence-corrected chi connectivity index (χ4v) is 2.62. The van der Waals surface area contributed by atoms with Crippen LogP contribution in [0, 0.1) is 11.3 Å². The number of pyridine rings is 2. The van der Waals surface area contributed by atoms with Crippen LogP contribution in [0.15, 0.2) is 36.7 Å². The maximum absolute atomic E-state index is 12.8. The van der Waals surface area contributed by atoms with Crippen molar-refractivity contribution in [3.8, 4) is 6.07 Å². The average Bonchev–Trinajstić information content (AvgIpc) is 2.68. The predicted octanol–water partition coefficient (Wildman–Crippen LogP) is 2.76. The first-order chi connectivity index (χ1) is 11.2. The Morgan fingerprint density at radius 1 is 1.35 bits per heavy atom. The molecule has 0 bridgehead atoms. The van der Waals surface area contributed by atoms with Crippen molar-refractivity contribution in [2.24, 2.45) is 0 Å². The van der Waals surface area contributed by atoms with Crippen molar-refractivity contribution in [3.63, 3.8) is 0 Å². The lowest BCUT2D eigenvalue weighted by atomic mass is 10.1. The molecule has 0 saturated heterocycles. The molecule has 0 radical (unpaired) electrons. The molecule has 0 atom stereocenters. The molecule has 2 aromatic rings. The van der Waals surface area contributed by atoms with Gasteiger partial charge in [-0.2, -0.15) is 5.26 Å². The first kappa shape index (κ1) is 14.7. The van der Waals surface area contributed by atoms with Crippen molar-refractivity contribution in [3.05, 3.63) is 47.8 Å². The van der Waals surface area contributed by atoms with E-state index in [4.69, 9.17) is 5.26 Å². The van der Waals surface area contributed by atoms with E-state index in [9.17, 15) is 4.79 Å². The highest BCUT2D eigenvalue weighted by molar-refractivity contribution is 6.12. The lowest BCUT2D eigenvalue weighted by Crippen LogP contribution is -2.25. The minimum absolute atomic E-state index is 0.148. The number of nitrogens with zero attached hydrogens (tertiary/aromatic N) is 5.